The monoisotopic (exact) mass is 1150 g/mol. The van der Waals surface area contributed by atoms with Crippen LogP contribution in [0, 0.1) is 12.8 Å². The Bertz CT molecular complexity index is 2850. The SMILES string of the molecule is CCCCCOc1ccc(S(=O)(=O)NCCCCCCNC(=O)Oc2cc(C)c3c(c2)[C@@H](C(=O)O)NC(=O)[C@H](C)NC(=O)[C@H](NC(=O)[C@@H](C)NC(=O)[C@H](CC(N)=O)NC(=O)[C@@H](C)NC(=O)[C@@H](CC(C)C)NC)c2ccc(O)c-3c2)cc1. The number of benzene rings is 3. The number of carbonyl (C=O) groups excluding carboxylic acids is 8. The molecular formula is C55H78N10O15S. The molecular weight excluding hydrogens is 1070 g/mol. The summed E-state index contributed by atoms with van der Waals surface area (Å²) in [4.78, 5) is 119. The molecule has 7 atom stereocenters. The van der Waals surface area contributed by atoms with E-state index in [4.69, 9.17) is 15.2 Å². The minimum atomic E-state index is -3.73. The number of ether oxygens (including phenoxy) is 2. The summed E-state index contributed by atoms with van der Waals surface area (Å²) in [5, 5.41) is 42.1. The molecule has 0 saturated carbocycles. The second kappa shape index (κ2) is 31.2. The van der Waals surface area contributed by atoms with Gasteiger partial charge in [-0.25, -0.2) is 22.7 Å². The quantitative estimate of drug-likeness (QED) is 0.0444. The zero-order valence-corrected chi connectivity index (χ0v) is 47.8. The maximum Gasteiger partial charge on any atom is 0.412 e. The number of sulfonamides is 1. The van der Waals surface area contributed by atoms with Gasteiger partial charge in [-0.3, -0.25) is 33.6 Å². The average molecular weight is 1150 g/mol. The maximum absolute atomic E-state index is 14.0. The number of primary amides is 1. The van der Waals surface area contributed by atoms with Crippen molar-refractivity contribution in [3.05, 3.63) is 71.3 Å². The van der Waals surface area contributed by atoms with E-state index >= 15 is 0 Å². The van der Waals surface area contributed by atoms with Crippen LogP contribution in [0.5, 0.6) is 17.2 Å². The first-order chi connectivity index (χ1) is 38.3. The first kappa shape index (κ1) is 65.7. The van der Waals surface area contributed by atoms with Crippen molar-refractivity contribution in [2.45, 2.75) is 153 Å². The summed E-state index contributed by atoms with van der Waals surface area (Å²) in [5.41, 5.74) is 5.54. The van der Waals surface area contributed by atoms with Crippen LogP contribution in [0.25, 0.3) is 11.1 Å². The predicted octanol–water partition coefficient (Wildman–Crippen LogP) is 2.49. The number of likely N-dealkylation sites (N-methyl/N-ethyl adjacent to an activating group) is 1. The molecule has 1 aliphatic heterocycles. The third kappa shape index (κ3) is 20.0. The van der Waals surface area contributed by atoms with Crippen LogP contribution in [-0.4, -0.2) is 129 Å². The Kier molecular flexibility index (Phi) is 25.3. The molecule has 25 nitrogen and oxygen atoms in total. The third-order valence-corrected chi connectivity index (χ3v) is 14.5. The molecule has 0 saturated heterocycles. The molecule has 1 heterocycles. The Labute approximate surface area is 471 Å². The van der Waals surface area contributed by atoms with Crippen LogP contribution in [0.4, 0.5) is 4.79 Å². The molecule has 1 aliphatic rings. The van der Waals surface area contributed by atoms with Crippen molar-refractivity contribution in [2.75, 3.05) is 26.7 Å². The summed E-state index contributed by atoms with van der Waals surface area (Å²) in [5.74, 6) is -7.60. The van der Waals surface area contributed by atoms with Gasteiger partial charge in [-0.2, -0.15) is 0 Å². The van der Waals surface area contributed by atoms with Gasteiger partial charge in [0, 0.05) is 18.7 Å². The van der Waals surface area contributed by atoms with E-state index in [1.807, 2.05) is 13.8 Å². The van der Waals surface area contributed by atoms with Crippen LogP contribution >= 0.6 is 0 Å². The number of fused-ring (bicyclic) bond motifs is 4. The number of amides is 8. The van der Waals surface area contributed by atoms with E-state index in [0.717, 1.165) is 19.3 Å². The molecule has 2 bridgehead atoms. The van der Waals surface area contributed by atoms with E-state index in [-0.39, 0.29) is 57.5 Å². The lowest BCUT2D eigenvalue weighted by molar-refractivity contribution is -0.142. The van der Waals surface area contributed by atoms with Crippen LogP contribution < -0.4 is 62.5 Å². The van der Waals surface area contributed by atoms with Crippen LogP contribution in [-0.2, 0) is 48.4 Å². The molecule has 26 heteroatoms. The van der Waals surface area contributed by atoms with Crippen molar-refractivity contribution in [2.24, 2.45) is 11.7 Å². The highest BCUT2D eigenvalue weighted by Gasteiger charge is 2.35. The molecule has 3 aromatic carbocycles. The number of unbranched alkanes of at least 4 members (excludes halogenated alkanes) is 5. The van der Waals surface area contributed by atoms with Crippen molar-refractivity contribution in [1.82, 2.24) is 47.3 Å². The Morgan fingerprint density at radius 1 is 0.753 bits per heavy atom. The number of hydrogen-bond donors (Lipinski definition) is 12. The molecule has 0 aliphatic carbocycles. The van der Waals surface area contributed by atoms with Gasteiger partial charge in [0.25, 0.3) is 0 Å². The highest BCUT2D eigenvalue weighted by molar-refractivity contribution is 7.89. The van der Waals surface area contributed by atoms with E-state index in [1.165, 1.54) is 70.2 Å². The van der Waals surface area contributed by atoms with Gasteiger partial charge in [0.15, 0.2) is 6.04 Å². The summed E-state index contributed by atoms with van der Waals surface area (Å²) in [6.07, 6.45) is 4.20. The van der Waals surface area contributed by atoms with E-state index in [1.54, 1.807) is 19.2 Å². The normalized spacial score (nSPS) is 16.7. The van der Waals surface area contributed by atoms with Gasteiger partial charge >= 0.3 is 12.1 Å². The number of hydrogen-bond acceptors (Lipinski definition) is 15. The summed E-state index contributed by atoms with van der Waals surface area (Å²) in [6, 6.07) is 2.87. The minimum absolute atomic E-state index is 0.0206. The standard InChI is InChI=1S/C55H78N10O15S/c1-9-10-15-24-79-36-17-19-38(20-18-36)81(77,78)59-23-14-12-11-13-22-58-55(76)80-37-26-31(4)45-39-27-35(16-21-43(39)66)46(53(73)62-34(7)50(70)65-47(54(74)75)40(45)28-37)64-49(69)33(6)61-52(72)42(29-44(56)67)63-48(68)32(5)60-51(71)41(57-8)25-30(2)3/h16-21,26-28,30,32-34,41-42,46-47,57,59,66H,9-15,22-25,29H2,1-8H3,(H2,56,67)(H,58,76)(H,60,71)(H,61,72)(H,62,73)(H,63,68)(H,64,69)(H,65,70)(H,74,75)/t32-,33-,34+,41-,42+,46-,47+/m1/s1. The molecule has 3 aromatic rings. The second-order valence-electron chi connectivity index (χ2n) is 20.3. The summed E-state index contributed by atoms with van der Waals surface area (Å²) >= 11 is 0. The molecule has 0 unspecified atom stereocenters. The van der Waals surface area contributed by atoms with Crippen LogP contribution in [0.15, 0.2) is 59.5 Å². The molecule has 0 aromatic heterocycles. The van der Waals surface area contributed by atoms with Crippen molar-refractivity contribution < 1.29 is 71.3 Å². The van der Waals surface area contributed by atoms with Crippen LogP contribution in [0.3, 0.4) is 0 Å². The molecule has 81 heavy (non-hydrogen) atoms. The van der Waals surface area contributed by atoms with Crippen molar-refractivity contribution >= 4 is 63.4 Å². The molecule has 13 N–H and O–H groups in total. The fraction of sp³-hybridized carbons (Fsp3) is 0.509. The zero-order valence-electron chi connectivity index (χ0n) is 47.0. The van der Waals surface area contributed by atoms with Gasteiger partial charge in [0.05, 0.1) is 24.0 Å². The second-order valence-corrected chi connectivity index (χ2v) is 22.0. The first-order valence-electron chi connectivity index (χ1n) is 26.9. The summed E-state index contributed by atoms with van der Waals surface area (Å²) in [7, 11) is -2.14. The topological polar surface area (TPSA) is 381 Å². The highest BCUT2D eigenvalue weighted by atomic mass is 32.2. The molecule has 0 radical (unpaired) electrons. The van der Waals surface area contributed by atoms with E-state index in [2.05, 4.69) is 54.2 Å². The van der Waals surface area contributed by atoms with E-state index < -0.39 is 118 Å². The smallest absolute Gasteiger partial charge is 0.412 e. The van der Waals surface area contributed by atoms with Gasteiger partial charge in [0.1, 0.15) is 47.5 Å². The minimum Gasteiger partial charge on any atom is -0.507 e. The summed E-state index contributed by atoms with van der Waals surface area (Å²) in [6.45, 7) is 12.3. The number of nitrogens with two attached hydrogens (primary N) is 1. The maximum atomic E-state index is 14.0. The number of carboxylic acid groups (broad SMARTS) is 1. The van der Waals surface area contributed by atoms with Crippen molar-refractivity contribution in [3.63, 3.8) is 0 Å². The molecule has 8 amide bonds. The molecule has 4 rings (SSSR count). The summed E-state index contributed by atoms with van der Waals surface area (Å²) < 4.78 is 39.4. The number of carboxylic acids is 1. The van der Waals surface area contributed by atoms with Crippen LogP contribution in [0.2, 0.25) is 0 Å². The Balaban J connectivity index is 1.46. The molecule has 0 spiro atoms. The van der Waals surface area contributed by atoms with E-state index in [9.17, 15) is 61.8 Å². The Morgan fingerprint density at radius 3 is 2.01 bits per heavy atom. The van der Waals surface area contributed by atoms with Gasteiger partial charge in [0.2, 0.25) is 51.4 Å². The highest BCUT2D eigenvalue weighted by Crippen LogP contribution is 2.41. The first-order valence-corrected chi connectivity index (χ1v) is 28.4. The average Bonchev–Trinajstić information content (AvgIpc) is 3.42. The number of aromatic hydroxyl groups is 1. The predicted molar refractivity (Wildman–Crippen MR) is 298 cm³/mol. The lowest BCUT2D eigenvalue weighted by atomic mass is 9.88. The van der Waals surface area contributed by atoms with Gasteiger partial charge in [-0.1, -0.05) is 52.5 Å². The zero-order chi connectivity index (χ0) is 60.1. The number of nitrogens with one attached hydrogen (secondary N) is 9. The number of aryl methyl sites for hydroxylation is 1. The molecule has 444 valence electrons. The lowest BCUT2D eigenvalue weighted by Gasteiger charge is -2.28. The Morgan fingerprint density at radius 2 is 1.40 bits per heavy atom. The molecule has 0 fully saturated rings. The number of phenols is 1. The fourth-order valence-electron chi connectivity index (χ4n) is 8.62. The number of carbonyl (C=O) groups is 9. The number of phenolic OH excluding ortho intramolecular Hbond substituents is 1. The van der Waals surface area contributed by atoms with Crippen molar-refractivity contribution in [1.29, 1.82) is 0 Å². The van der Waals surface area contributed by atoms with Gasteiger partial charge in [-0.15, -0.1) is 0 Å². The lowest BCUT2D eigenvalue weighted by Crippen LogP contribution is -2.58. The van der Waals surface area contributed by atoms with Crippen molar-refractivity contribution in [3.8, 4) is 28.4 Å². The number of aliphatic carboxylic acids is 1. The van der Waals surface area contributed by atoms with Gasteiger partial charge < -0.3 is 68.0 Å². The fourth-order valence-corrected chi connectivity index (χ4v) is 9.69. The Hall–Kier alpha value is -7.84. The number of rotatable bonds is 29. The largest absolute Gasteiger partial charge is 0.507 e. The van der Waals surface area contributed by atoms with E-state index in [0.29, 0.717) is 44.5 Å². The third-order valence-electron chi connectivity index (χ3n) is 13.0. The van der Waals surface area contributed by atoms with Gasteiger partial charge in [-0.05, 0) is 137 Å². The van der Waals surface area contributed by atoms with Crippen LogP contribution in [0.1, 0.15) is 128 Å².